The van der Waals surface area contributed by atoms with Gasteiger partial charge in [0.2, 0.25) is 0 Å². The number of guanidine groups is 1. The lowest BCUT2D eigenvalue weighted by atomic mass is 10.0. The molecule has 2 aliphatic heterocycles. The molecule has 2 unspecified atom stereocenters. The minimum absolute atomic E-state index is 0. The van der Waals surface area contributed by atoms with Gasteiger partial charge in [-0.15, -0.1) is 24.0 Å². The number of rotatable bonds is 10. The highest BCUT2D eigenvalue weighted by Crippen LogP contribution is 2.24. The highest BCUT2D eigenvalue weighted by atomic mass is 127. The molecule has 0 amide bonds. The summed E-state index contributed by atoms with van der Waals surface area (Å²) >= 11 is 0. The molecule has 1 aromatic rings. The second-order valence-corrected chi connectivity index (χ2v) is 8.92. The topological polar surface area (TPSA) is 58.1 Å². The number of ether oxygens (including phenoxy) is 2. The quantitative estimate of drug-likeness (QED) is 0.192. The monoisotopic (exact) mass is 558 g/mol. The van der Waals surface area contributed by atoms with Crippen LogP contribution in [-0.4, -0.2) is 62.4 Å². The molecule has 2 saturated heterocycles. The number of nitrogens with one attached hydrogen (secondary N) is 2. The maximum atomic E-state index is 6.22. The first-order chi connectivity index (χ1) is 15.2. The van der Waals surface area contributed by atoms with E-state index in [1.165, 1.54) is 44.3 Å². The second kappa shape index (κ2) is 15.0. The molecular formula is C25H43IN4O2. The molecule has 6 nitrogen and oxygen atoms in total. The van der Waals surface area contributed by atoms with Gasteiger partial charge in [0.05, 0.1) is 19.8 Å². The van der Waals surface area contributed by atoms with Gasteiger partial charge in [0.15, 0.2) is 5.96 Å². The average Bonchev–Trinajstić information content (AvgIpc) is 3.27. The number of aryl methyl sites for hydroxylation is 1. The van der Waals surface area contributed by atoms with Crippen molar-refractivity contribution in [3.63, 3.8) is 0 Å². The van der Waals surface area contributed by atoms with Crippen LogP contribution in [0.3, 0.4) is 0 Å². The summed E-state index contributed by atoms with van der Waals surface area (Å²) in [5, 5.41) is 6.88. The van der Waals surface area contributed by atoms with Crippen LogP contribution in [0.2, 0.25) is 0 Å². The summed E-state index contributed by atoms with van der Waals surface area (Å²) in [6.45, 7) is 12.9. The molecule has 2 fully saturated rings. The average molecular weight is 559 g/mol. The molecule has 0 aromatic heterocycles. The van der Waals surface area contributed by atoms with Gasteiger partial charge >= 0.3 is 0 Å². The summed E-state index contributed by atoms with van der Waals surface area (Å²) in [6, 6.07) is 7.13. The van der Waals surface area contributed by atoms with Gasteiger partial charge in [0.25, 0.3) is 0 Å². The van der Waals surface area contributed by atoms with Gasteiger partial charge in [-0.1, -0.05) is 18.6 Å². The highest BCUT2D eigenvalue weighted by molar-refractivity contribution is 14.0. The molecule has 2 heterocycles. The molecule has 2 aliphatic rings. The van der Waals surface area contributed by atoms with E-state index in [-0.39, 0.29) is 30.1 Å². The van der Waals surface area contributed by atoms with E-state index in [0.29, 0.717) is 13.2 Å². The van der Waals surface area contributed by atoms with Gasteiger partial charge in [-0.05, 0) is 71.2 Å². The van der Waals surface area contributed by atoms with Crippen LogP contribution >= 0.6 is 24.0 Å². The molecule has 3 rings (SSSR count). The molecule has 2 N–H and O–H groups in total. The summed E-state index contributed by atoms with van der Waals surface area (Å²) in [4.78, 5) is 7.47. The zero-order valence-corrected chi connectivity index (χ0v) is 22.5. The van der Waals surface area contributed by atoms with Crippen molar-refractivity contribution in [3.05, 3.63) is 29.3 Å². The van der Waals surface area contributed by atoms with Crippen LogP contribution in [0.15, 0.2) is 23.2 Å². The van der Waals surface area contributed by atoms with E-state index in [9.17, 15) is 0 Å². The van der Waals surface area contributed by atoms with E-state index in [2.05, 4.69) is 54.5 Å². The minimum atomic E-state index is 0. The smallest absolute Gasteiger partial charge is 0.191 e. The van der Waals surface area contributed by atoms with Gasteiger partial charge in [-0.2, -0.15) is 0 Å². The van der Waals surface area contributed by atoms with Crippen LogP contribution in [0.4, 0.5) is 0 Å². The number of hydrogen-bond donors (Lipinski definition) is 2. The Kier molecular flexibility index (Phi) is 12.7. The summed E-state index contributed by atoms with van der Waals surface area (Å²) in [5.74, 6) is 1.82. The third-order valence-electron chi connectivity index (χ3n) is 6.26. The van der Waals surface area contributed by atoms with Crippen molar-refractivity contribution in [2.24, 2.45) is 4.99 Å². The Morgan fingerprint density at radius 2 is 2.09 bits per heavy atom. The van der Waals surface area contributed by atoms with Crippen molar-refractivity contribution in [1.82, 2.24) is 15.5 Å². The lowest BCUT2D eigenvalue weighted by Gasteiger charge is -2.33. The number of halogens is 1. The van der Waals surface area contributed by atoms with E-state index in [1.54, 1.807) is 0 Å². The van der Waals surface area contributed by atoms with Crippen molar-refractivity contribution in [2.75, 3.05) is 39.4 Å². The van der Waals surface area contributed by atoms with Crippen molar-refractivity contribution >= 4 is 29.9 Å². The van der Waals surface area contributed by atoms with E-state index < -0.39 is 0 Å². The zero-order valence-electron chi connectivity index (χ0n) is 20.2. The number of benzene rings is 1. The normalized spacial score (nSPS) is 21.8. The van der Waals surface area contributed by atoms with E-state index in [0.717, 1.165) is 55.9 Å². The van der Waals surface area contributed by atoms with Crippen molar-refractivity contribution < 1.29 is 9.47 Å². The van der Waals surface area contributed by atoms with Crippen molar-refractivity contribution in [2.45, 2.75) is 78.0 Å². The predicted octanol–water partition coefficient (Wildman–Crippen LogP) is 4.49. The number of aliphatic imine (C=N–C) groups is 1. The SMILES string of the molecule is CCNC(=NCc1ccc(C)cc1OC1CCOC1)NCCCCN1CCCCC1C.I. The fourth-order valence-electron chi connectivity index (χ4n) is 4.33. The standard InChI is InChI=1S/C25H42N4O2.HI/c1-4-26-25(27-13-6-8-15-29-14-7-5-9-21(29)3)28-18-22-11-10-20(2)17-24(22)31-23-12-16-30-19-23;/h10-11,17,21,23H,4-9,12-16,18-19H2,1-3H3,(H2,26,27,28);1H. The fraction of sp³-hybridized carbons (Fsp3) is 0.720. The number of hydrogen-bond acceptors (Lipinski definition) is 4. The molecule has 0 radical (unpaired) electrons. The Morgan fingerprint density at radius 1 is 1.22 bits per heavy atom. The number of unbranched alkanes of at least 4 members (excludes halogenated alkanes) is 1. The fourth-order valence-corrected chi connectivity index (χ4v) is 4.33. The van der Waals surface area contributed by atoms with Gasteiger partial charge in [-0.3, -0.25) is 0 Å². The molecule has 0 aliphatic carbocycles. The van der Waals surface area contributed by atoms with Crippen LogP contribution in [0.25, 0.3) is 0 Å². The zero-order chi connectivity index (χ0) is 21.9. The molecule has 1 aromatic carbocycles. The van der Waals surface area contributed by atoms with E-state index >= 15 is 0 Å². The molecule has 182 valence electrons. The maximum Gasteiger partial charge on any atom is 0.191 e. The van der Waals surface area contributed by atoms with Gasteiger partial charge in [0, 0.05) is 31.1 Å². The lowest BCUT2D eigenvalue weighted by Crippen LogP contribution is -2.39. The summed E-state index contributed by atoms with van der Waals surface area (Å²) in [6.07, 6.45) is 7.61. The van der Waals surface area contributed by atoms with Crippen LogP contribution in [-0.2, 0) is 11.3 Å². The summed E-state index contributed by atoms with van der Waals surface area (Å²) in [7, 11) is 0. The van der Waals surface area contributed by atoms with Crippen molar-refractivity contribution in [1.29, 1.82) is 0 Å². The first kappa shape index (κ1) is 27.2. The van der Waals surface area contributed by atoms with Crippen LogP contribution in [0, 0.1) is 6.92 Å². The number of piperidine rings is 1. The molecule has 2 atom stereocenters. The Morgan fingerprint density at radius 3 is 2.84 bits per heavy atom. The minimum Gasteiger partial charge on any atom is -0.488 e. The highest BCUT2D eigenvalue weighted by Gasteiger charge is 2.19. The second-order valence-electron chi connectivity index (χ2n) is 8.92. The van der Waals surface area contributed by atoms with Gasteiger partial charge in [-0.25, -0.2) is 4.99 Å². The first-order valence-corrected chi connectivity index (χ1v) is 12.3. The van der Waals surface area contributed by atoms with Gasteiger partial charge < -0.3 is 25.0 Å². The molecule has 0 spiro atoms. The third-order valence-corrected chi connectivity index (χ3v) is 6.26. The summed E-state index contributed by atoms with van der Waals surface area (Å²) < 4.78 is 11.7. The Balaban J connectivity index is 0.00000363. The van der Waals surface area contributed by atoms with Crippen LogP contribution in [0.5, 0.6) is 5.75 Å². The Hall–Kier alpha value is -1.06. The molecular weight excluding hydrogens is 515 g/mol. The van der Waals surface area contributed by atoms with E-state index in [4.69, 9.17) is 14.5 Å². The van der Waals surface area contributed by atoms with Gasteiger partial charge in [0.1, 0.15) is 11.9 Å². The molecule has 0 bridgehead atoms. The van der Waals surface area contributed by atoms with E-state index in [1.807, 2.05) is 0 Å². The first-order valence-electron chi connectivity index (χ1n) is 12.3. The summed E-state index contributed by atoms with van der Waals surface area (Å²) in [5.41, 5.74) is 2.32. The Labute approximate surface area is 211 Å². The van der Waals surface area contributed by atoms with Crippen molar-refractivity contribution in [3.8, 4) is 5.75 Å². The largest absolute Gasteiger partial charge is 0.488 e. The number of nitrogens with zero attached hydrogens (tertiary/aromatic N) is 2. The third kappa shape index (κ3) is 9.06. The predicted molar refractivity (Wildman–Crippen MR) is 143 cm³/mol. The van der Waals surface area contributed by atoms with Crippen LogP contribution < -0.4 is 15.4 Å². The molecule has 32 heavy (non-hydrogen) atoms. The Bertz CT molecular complexity index is 695. The molecule has 0 saturated carbocycles. The number of likely N-dealkylation sites (tertiary alicyclic amines) is 1. The molecule has 7 heteroatoms. The lowest BCUT2D eigenvalue weighted by molar-refractivity contribution is 0.140. The maximum absolute atomic E-state index is 6.22. The van der Waals surface area contributed by atoms with Crippen LogP contribution in [0.1, 0.15) is 63.5 Å².